The van der Waals surface area contributed by atoms with Crippen LogP contribution >= 0.6 is 0 Å². The molecule has 4 nitrogen and oxygen atoms in total. The molecule has 1 fully saturated rings. The average Bonchev–Trinajstić information content (AvgIpc) is 2.52. The zero-order valence-electron chi connectivity index (χ0n) is 12.9. The third-order valence-corrected chi connectivity index (χ3v) is 3.53. The highest BCUT2D eigenvalue weighted by Crippen LogP contribution is 2.19. The molecule has 1 aromatic rings. The second kappa shape index (κ2) is 8.17. The van der Waals surface area contributed by atoms with Crippen LogP contribution in [-0.4, -0.2) is 49.6 Å². The predicted molar refractivity (Wildman–Crippen MR) is 83.5 cm³/mol. The molecule has 0 aromatic heterocycles. The van der Waals surface area contributed by atoms with Crippen molar-refractivity contribution < 1.29 is 14.2 Å². The molecule has 2 rings (SSSR count). The largest absolute Gasteiger partial charge is 0.462 e. The molecule has 0 amide bonds. The number of benzene rings is 1. The molecule has 0 saturated carbocycles. The monoisotopic (exact) mass is 291 g/mol. The van der Waals surface area contributed by atoms with Gasteiger partial charge in [-0.15, -0.1) is 6.58 Å². The number of para-hydroxylation sites is 1. The third-order valence-electron chi connectivity index (χ3n) is 3.53. The van der Waals surface area contributed by atoms with Gasteiger partial charge in [-0.3, -0.25) is 4.90 Å². The minimum Gasteiger partial charge on any atom is -0.462 e. The standard InChI is InChI=1S/C17H25NO3/c1-4-11-20-17(21-15-8-6-5-7-9-15)16-13-18(14(2)3)10-12-19-16/h4-9,14,16-17H,1,10-13H2,2-3H3. The first-order chi connectivity index (χ1) is 10.2. The molecule has 21 heavy (non-hydrogen) atoms. The molecule has 1 aliphatic heterocycles. The second-order valence-electron chi connectivity index (χ2n) is 5.42. The van der Waals surface area contributed by atoms with Crippen molar-refractivity contribution in [3.63, 3.8) is 0 Å². The molecule has 4 heteroatoms. The lowest BCUT2D eigenvalue weighted by Gasteiger charge is -2.38. The Morgan fingerprint density at radius 1 is 1.38 bits per heavy atom. The summed E-state index contributed by atoms with van der Waals surface area (Å²) in [4.78, 5) is 2.38. The molecular formula is C17H25NO3. The fraction of sp³-hybridized carbons (Fsp3) is 0.529. The molecule has 0 spiro atoms. The van der Waals surface area contributed by atoms with E-state index in [0.29, 0.717) is 19.3 Å². The van der Waals surface area contributed by atoms with Crippen LogP contribution in [-0.2, 0) is 9.47 Å². The first-order valence-corrected chi connectivity index (χ1v) is 7.50. The van der Waals surface area contributed by atoms with E-state index in [-0.39, 0.29) is 6.10 Å². The number of morpholine rings is 1. The first kappa shape index (κ1) is 16.0. The highest BCUT2D eigenvalue weighted by atomic mass is 16.7. The van der Waals surface area contributed by atoms with E-state index in [4.69, 9.17) is 14.2 Å². The van der Waals surface area contributed by atoms with Gasteiger partial charge in [0.25, 0.3) is 0 Å². The fourth-order valence-electron chi connectivity index (χ4n) is 2.34. The summed E-state index contributed by atoms with van der Waals surface area (Å²) in [5, 5.41) is 0. The molecular weight excluding hydrogens is 266 g/mol. The van der Waals surface area contributed by atoms with Crippen LogP contribution in [0.1, 0.15) is 13.8 Å². The van der Waals surface area contributed by atoms with E-state index in [1.165, 1.54) is 0 Å². The van der Waals surface area contributed by atoms with Crippen LogP contribution in [0.25, 0.3) is 0 Å². The number of hydrogen-bond acceptors (Lipinski definition) is 4. The Bertz CT molecular complexity index is 421. The van der Waals surface area contributed by atoms with Crippen molar-refractivity contribution in [1.29, 1.82) is 0 Å². The Kier molecular flexibility index (Phi) is 6.23. The van der Waals surface area contributed by atoms with Gasteiger partial charge in [0.05, 0.1) is 13.2 Å². The summed E-state index contributed by atoms with van der Waals surface area (Å²) in [5.41, 5.74) is 0. The summed E-state index contributed by atoms with van der Waals surface area (Å²) in [5.74, 6) is 0.789. The summed E-state index contributed by atoms with van der Waals surface area (Å²) < 4.78 is 17.6. The maximum atomic E-state index is 5.96. The number of hydrogen-bond donors (Lipinski definition) is 0. The lowest BCUT2D eigenvalue weighted by atomic mass is 10.2. The van der Waals surface area contributed by atoms with Crippen molar-refractivity contribution in [3.05, 3.63) is 43.0 Å². The van der Waals surface area contributed by atoms with Gasteiger partial charge < -0.3 is 14.2 Å². The molecule has 0 radical (unpaired) electrons. The maximum Gasteiger partial charge on any atom is 0.227 e. The van der Waals surface area contributed by atoms with Crippen LogP contribution in [0.3, 0.4) is 0 Å². The summed E-state index contributed by atoms with van der Waals surface area (Å²) in [6.07, 6.45) is 1.21. The number of rotatable bonds is 7. The zero-order valence-corrected chi connectivity index (χ0v) is 12.9. The Hall–Kier alpha value is -1.36. The van der Waals surface area contributed by atoms with Crippen molar-refractivity contribution in [2.24, 2.45) is 0 Å². The van der Waals surface area contributed by atoms with Crippen LogP contribution < -0.4 is 4.74 Å². The summed E-state index contributed by atoms with van der Waals surface area (Å²) in [7, 11) is 0. The van der Waals surface area contributed by atoms with Gasteiger partial charge in [0.15, 0.2) is 0 Å². The minimum atomic E-state index is -0.424. The Balaban J connectivity index is 2.02. The molecule has 0 bridgehead atoms. The lowest BCUT2D eigenvalue weighted by molar-refractivity contribution is -0.181. The van der Waals surface area contributed by atoms with E-state index in [1.54, 1.807) is 6.08 Å². The Labute approximate surface area is 127 Å². The highest BCUT2D eigenvalue weighted by Gasteiger charge is 2.31. The topological polar surface area (TPSA) is 30.9 Å². The first-order valence-electron chi connectivity index (χ1n) is 7.50. The molecule has 116 valence electrons. The van der Waals surface area contributed by atoms with Gasteiger partial charge in [-0.05, 0) is 26.0 Å². The second-order valence-corrected chi connectivity index (χ2v) is 5.42. The Morgan fingerprint density at radius 2 is 2.14 bits per heavy atom. The molecule has 1 aliphatic rings. The van der Waals surface area contributed by atoms with Crippen molar-refractivity contribution in [3.8, 4) is 5.75 Å². The van der Waals surface area contributed by atoms with Crippen molar-refractivity contribution in [2.75, 3.05) is 26.3 Å². The molecule has 2 unspecified atom stereocenters. The molecule has 2 atom stereocenters. The zero-order chi connectivity index (χ0) is 15.1. The van der Waals surface area contributed by atoms with Crippen molar-refractivity contribution >= 4 is 0 Å². The van der Waals surface area contributed by atoms with Gasteiger partial charge in [0, 0.05) is 19.1 Å². The van der Waals surface area contributed by atoms with Gasteiger partial charge in [-0.1, -0.05) is 24.3 Å². The third kappa shape index (κ3) is 4.84. The van der Waals surface area contributed by atoms with Gasteiger partial charge in [0.1, 0.15) is 11.9 Å². The van der Waals surface area contributed by atoms with Crippen molar-refractivity contribution in [2.45, 2.75) is 32.3 Å². The van der Waals surface area contributed by atoms with E-state index in [1.807, 2.05) is 30.3 Å². The predicted octanol–water partition coefficient (Wildman–Crippen LogP) is 2.70. The van der Waals surface area contributed by atoms with Crippen LogP contribution in [0.5, 0.6) is 5.75 Å². The van der Waals surface area contributed by atoms with Crippen molar-refractivity contribution in [1.82, 2.24) is 4.90 Å². The average molecular weight is 291 g/mol. The van der Waals surface area contributed by atoms with E-state index >= 15 is 0 Å². The van der Waals surface area contributed by atoms with E-state index in [2.05, 4.69) is 25.3 Å². The lowest BCUT2D eigenvalue weighted by Crippen LogP contribution is -2.52. The number of nitrogens with zero attached hydrogens (tertiary/aromatic N) is 1. The smallest absolute Gasteiger partial charge is 0.227 e. The maximum absolute atomic E-state index is 5.96. The molecule has 0 aliphatic carbocycles. The molecule has 1 aromatic carbocycles. The van der Waals surface area contributed by atoms with E-state index < -0.39 is 6.29 Å². The molecule has 1 saturated heterocycles. The Morgan fingerprint density at radius 3 is 2.81 bits per heavy atom. The quantitative estimate of drug-likeness (QED) is 0.571. The van der Waals surface area contributed by atoms with E-state index in [9.17, 15) is 0 Å². The van der Waals surface area contributed by atoms with Gasteiger partial charge in [-0.2, -0.15) is 0 Å². The van der Waals surface area contributed by atoms with Crippen LogP contribution in [0.15, 0.2) is 43.0 Å². The van der Waals surface area contributed by atoms with Gasteiger partial charge in [-0.25, -0.2) is 0 Å². The summed E-state index contributed by atoms with van der Waals surface area (Å²) in [6.45, 7) is 11.0. The summed E-state index contributed by atoms with van der Waals surface area (Å²) in [6, 6.07) is 10.2. The number of ether oxygens (including phenoxy) is 3. The minimum absolute atomic E-state index is 0.0960. The highest BCUT2D eigenvalue weighted by molar-refractivity contribution is 5.21. The van der Waals surface area contributed by atoms with Crippen LogP contribution in [0.4, 0.5) is 0 Å². The SMILES string of the molecule is C=CCOC(Oc1ccccc1)C1CN(C(C)C)CCO1. The van der Waals surface area contributed by atoms with E-state index in [0.717, 1.165) is 18.8 Å². The molecule has 0 N–H and O–H groups in total. The van der Waals surface area contributed by atoms with Crippen LogP contribution in [0, 0.1) is 0 Å². The van der Waals surface area contributed by atoms with Gasteiger partial charge >= 0.3 is 0 Å². The van der Waals surface area contributed by atoms with Crippen LogP contribution in [0.2, 0.25) is 0 Å². The normalized spacial score (nSPS) is 21.2. The fourth-order valence-corrected chi connectivity index (χ4v) is 2.34. The molecule has 1 heterocycles. The summed E-state index contributed by atoms with van der Waals surface area (Å²) >= 11 is 0. The van der Waals surface area contributed by atoms with Gasteiger partial charge in [0.2, 0.25) is 6.29 Å².